The van der Waals surface area contributed by atoms with E-state index in [-0.39, 0.29) is 17.9 Å². The molecule has 2 N–H and O–H groups in total. The molecule has 9 nitrogen and oxygen atoms in total. The molecule has 1 heterocycles. The predicted molar refractivity (Wildman–Crippen MR) is 98.9 cm³/mol. The largest absolute Gasteiger partial charge is 0.484 e. The molecule has 1 aromatic heterocycles. The summed E-state index contributed by atoms with van der Waals surface area (Å²) in [5.41, 5.74) is 2.86. The minimum absolute atomic E-state index is 0.0722. The number of ether oxygens (including phenoxy) is 1. The van der Waals surface area contributed by atoms with E-state index < -0.39 is 10.8 Å². The molecule has 27 heavy (non-hydrogen) atoms. The molecule has 2 aromatic carbocycles. The van der Waals surface area contributed by atoms with E-state index in [1.807, 2.05) is 18.2 Å². The quantitative estimate of drug-likeness (QED) is 0.392. The molecule has 0 aliphatic rings. The van der Waals surface area contributed by atoms with Crippen LogP contribution < -0.4 is 15.7 Å². The molecule has 136 valence electrons. The van der Waals surface area contributed by atoms with Gasteiger partial charge in [0, 0.05) is 17.6 Å². The number of nitro benzene ring substituents is 1. The molecule has 0 saturated heterocycles. The fourth-order valence-corrected chi connectivity index (χ4v) is 2.28. The van der Waals surface area contributed by atoms with Crippen LogP contribution in [0.25, 0.3) is 10.9 Å². The topological polar surface area (TPSA) is 127 Å². The van der Waals surface area contributed by atoms with Gasteiger partial charge < -0.3 is 9.72 Å². The van der Waals surface area contributed by atoms with Crippen LogP contribution in [0.2, 0.25) is 0 Å². The molecule has 0 bridgehead atoms. The normalized spacial score (nSPS) is 10.8. The number of fused-ring (bicyclic) bond motifs is 1. The summed E-state index contributed by atoms with van der Waals surface area (Å²) in [6, 6.07) is 14.3. The van der Waals surface area contributed by atoms with Gasteiger partial charge in [0.2, 0.25) is 0 Å². The van der Waals surface area contributed by atoms with Gasteiger partial charge in [-0.25, -0.2) is 5.43 Å². The third-order valence-electron chi connectivity index (χ3n) is 3.59. The van der Waals surface area contributed by atoms with Crippen molar-refractivity contribution in [3.05, 3.63) is 80.6 Å². The number of pyridine rings is 1. The van der Waals surface area contributed by atoms with Gasteiger partial charge in [0.1, 0.15) is 5.75 Å². The SMILES string of the molecule is O=C(COc1ccc([N+](=O)[O-])cc1)N/N=C\c1cc2ccccc2[nH]c1=O. The smallest absolute Gasteiger partial charge is 0.277 e. The Hall–Kier alpha value is -4.01. The highest BCUT2D eigenvalue weighted by Crippen LogP contribution is 2.17. The third-order valence-corrected chi connectivity index (χ3v) is 3.59. The van der Waals surface area contributed by atoms with Crippen molar-refractivity contribution in [2.24, 2.45) is 5.10 Å². The fourth-order valence-electron chi connectivity index (χ4n) is 2.28. The number of non-ortho nitro benzene ring substituents is 1. The number of rotatable bonds is 6. The van der Waals surface area contributed by atoms with Crippen LogP contribution in [0, 0.1) is 10.1 Å². The van der Waals surface area contributed by atoms with Crippen LogP contribution in [0.15, 0.2) is 64.5 Å². The number of H-pyrrole nitrogens is 1. The van der Waals surface area contributed by atoms with Gasteiger partial charge in [-0.2, -0.15) is 5.10 Å². The maximum Gasteiger partial charge on any atom is 0.277 e. The highest BCUT2D eigenvalue weighted by molar-refractivity contribution is 5.88. The molecule has 0 atom stereocenters. The number of hydrogen-bond acceptors (Lipinski definition) is 6. The third kappa shape index (κ3) is 4.54. The zero-order valence-corrected chi connectivity index (χ0v) is 13.9. The summed E-state index contributed by atoms with van der Waals surface area (Å²) >= 11 is 0. The molecule has 9 heteroatoms. The molecule has 0 aliphatic heterocycles. The Morgan fingerprint density at radius 2 is 1.96 bits per heavy atom. The molecule has 0 unspecified atom stereocenters. The average Bonchev–Trinajstić information content (AvgIpc) is 2.67. The number of nitro groups is 1. The summed E-state index contributed by atoms with van der Waals surface area (Å²) in [6.45, 7) is -0.330. The highest BCUT2D eigenvalue weighted by Gasteiger charge is 2.06. The number of benzene rings is 2. The van der Waals surface area contributed by atoms with Crippen molar-refractivity contribution in [1.29, 1.82) is 0 Å². The highest BCUT2D eigenvalue weighted by atomic mass is 16.6. The number of hydrogen-bond donors (Lipinski definition) is 2. The number of aromatic amines is 1. The van der Waals surface area contributed by atoms with Crippen LogP contribution in [0.4, 0.5) is 5.69 Å². The Balaban J connectivity index is 1.56. The first kappa shape index (κ1) is 17.8. The number of nitrogens with one attached hydrogen (secondary N) is 2. The van der Waals surface area contributed by atoms with E-state index in [9.17, 15) is 19.7 Å². The molecular formula is C18H14N4O5. The monoisotopic (exact) mass is 366 g/mol. The lowest BCUT2D eigenvalue weighted by Crippen LogP contribution is -2.25. The summed E-state index contributed by atoms with van der Waals surface area (Å²) in [6.07, 6.45) is 1.25. The Kier molecular flexibility index (Phi) is 5.22. The van der Waals surface area contributed by atoms with E-state index in [2.05, 4.69) is 15.5 Å². The molecule has 0 saturated carbocycles. The molecular weight excluding hydrogens is 352 g/mol. The van der Waals surface area contributed by atoms with Crippen molar-refractivity contribution in [2.75, 3.05) is 6.61 Å². The van der Waals surface area contributed by atoms with E-state index >= 15 is 0 Å². The van der Waals surface area contributed by atoms with E-state index in [1.165, 1.54) is 30.5 Å². The Morgan fingerprint density at radius 3 is 2.70 bits per heavy atom. The Bertz CT molecular complexity index is 1070. The minimum Gasteiger partial charge on any atom is -0.484 e. The first-order valence-electron chi connectivity index (χ1n) is 7.84. The molecule has 3 rings (SSSR count). The summed E-state index contributed by atoms with van der Waals surface area (Å²) in [5.74, 6) is -0.229. The van der Waals surface area contributed by atoms with Crippen LogP contribution in [0.3, 0.4) is 0 Å². The van der Waals surface area contributed by atoms with Crippen LogP contribution in [-0.2, 0) is 4.79 Å². The van der Waals surface area contributed by atoms with E-state index in [0.717, 1.165) is 5.39 Å². The van der Waals surface area contributed by atoms with E-state index in [1.54, 1.807) is 12.1 Å². The van der Waals surface area contributed by atoms with Gasteiger partial charge in [-0.05, 0) is 29.7 Å². The number of carbonyl (C=O) groups is 1. The Labute approximate surface area is 152 Å². The Morgan fingerprint density at radius 1 is 1.22 bits per heavy atom. The van der Waals surface area contributed by atoms with Crippen LogP contribution in [-0.4, -0.2) is 28.6 Å². The van der Waals surface area contributed by atoms with Crippen molar-refractivity contribution in [3.63, 3.8) is 0 Å². The maximum absolute atomic E-state index is 12.0. The van der Waals surface area contributed by atoms with Crippen molar-refractivity contribution < 1.29 is 14.5 Å². The first-order chi connectivity index (χ1) is 13.0. The van der Waals surface area contributed by atoms with Gasteiger partial charge in [-0.15, -0.1) is 0 Å². The van der Waals surface area contributed by atoms with Gasteiger partial charge >= 0.3 is 0 Å². The summed E-state index contributed by atoms with van der Waals surface area (Å²) < 4.78 is 5.21. The van der Waals surface area contributed by atoms with Gasteiger partial charge in [0.05, 0.1) is 16.7 Å². The second-order valence-corrected chi connectivity index (χ2v) is 5.47. The number of para-hydroxylation sites is 1. The number of hydrazone groups is 1. The van der Waals surface area contributed by atoms with Crippen molar-refractivity contribution >= 4 is 28.7 Å². The molecule has 3 aromatic rings. The number of nitrogens with zero attached hydrogens (tertiary/aromatic N) is 2. The second kappa shape index (κ2) is 7.91. The molecule has 0 spiro atoms. The van der Waals surface area contributed by atoms with Crippen molar-refractivity contribution in [3.8, 4) is 5.75 Å². The van der Waals surface area contributed by atoms with Crippen LogP contribution >= 0.6 is 0 Å². The maximum atomic E-state index is 12.0. The standard InChI is InChI=1S/C18H14N4O5/c23-17(11-27-15-7-5-14(6-8-15)22(25)26)21-19-10-13-9-12-3-1-2-4-16(12)20-18(13)24/h1-10H,11H2,(H,20,24)(H,21,23)/b19-10-. The number of carbonyl (C=O) groups excluding carboxylic acids is 1. The minimum atomic E-state index is -0.540. The number of aromatic nitrogens is 1. The van der Waals surface area contributed by atoms with E-state index in [0.29, 0.717) is 16.8 Å². The van der Waals surface area contributed by atoms with Crippen molar-refractivity contribution in [1.82, 2.24) is 10.4 Å². The fraction of sp³-hybridized carbons (Fsp3) is 0.0556. The summed E-state index contributed by atoms with van der Waals surface area (Å²) in [5, 5.41) is 15.2. The van der Waals surface area contributed by atoms with Crippen molar-refractivity contribution in [2.45, 2.75) is 0 Å². The lowest BCUT2D eigenvalue weighted by molar-refractivity contribution is -0.384. The zero-order chi connectivity index (χ0) is 19.2. The summed E-state index contributed by atoms with van der Waals surface area (Å²) in [4.78, 5) is 36.5. The first-order valence-corrected chi connectivity index (χ1v) is 7.84. The zero-order valence-electron chi connectivity index (χ0n) is 13.9. The van der Waals surface area contributed by atoms with E-state index in [4.69, 9.17) is 4.74 Å². The number of amides is 1. The average molecular weight is 366 g/mol. The lowest BCUT2D eigenvalue weighted by Gasteiger charge is -2.04. The molecule has 1 amide bonds. The molecule has 0 aliphatic carbocycles. The van der Waals surface area contributed by atoms with Gasteiger partial charge in [-0.1, -0.05) is 18.2 Å². The van der Waals surface area contributed by atoms with Gasteiger partial charge in [0.15, 0.2) is 6.61 Å². The van der Waals surface area contributed by atoms with Crippen LogP contribution in [0.1, 0.15) is 5.56 Å². The van der Waals surface area contributed by atoms with Gasteiger partial charge in [0.25, 0.3) is 17.2 Å². The second-order valence-electron chi connectivity index (χ2n) is 5.47. The van der Waals surface area contributed by atoms with Crippen LogP contribution in [0.5, 0.6) is 5.75 Å². The lowest BCUT2D eigenvalue weighted by atomic mass is 10.2. The van der Waals surface area contributed by atoms with Gasteiger partial charge in [-0.3, -0.25) is 19.7 Å². The molecule has 0 fully saturated rings. The summed E-state index contributed by atoms with van der Waals surface area (Å²) in [7, 11) is 0. The predicted octanol–water partition coefficient (Wildman–Crippen LogP) is 1.97. The molecule has 0 radical (unpaired) electrons.